The fraction of sp³-hybridized carbons (Fsp3) is 0.310. The molecule has 1 fully saturated rings. The van der Waals surface area contributed by atoms with Gasteiger partial charge in [0.25, 0.3) is 0 Å². The van der Waals surface area contributed by atoms with Gasteiger partial charge in [0.2, 0.25) is 11.8 Å². The van der Waals surface area contributed by atoms with Gasteiger partial charge in [-0.3, -0.25) is 9.59 Å². The van der Waals surface area contributed by atoms with Crippen molar-refractivity contribution in [2.75, 3.05) is 7.11 Å². The van der Waals surface area contributed by atoms with E-state index in [-0.39, 0.29) is 17.9 Å². The van der Waals surface area contributed by atoms with Crippen LogP contribution in [0.2, 0.25) is 0 Å². The first-order valence-electron chi connectivity index (χ1n) is 12.0. The van der Waals surface area contributed by atoms with Crippen LogP contribution < -0.4 is 10.1 Å². The third kappa shape index (κ3) is 6.51. The number of rotatable bonds is 10. The molecule has 1 N–H and O–H groups in total. The topological polar surface area (TPSA) is 58.6 Å². The second-order valence-corrected chi connectivity index (χ2v) is 10.0. The Hall–Kier alpha value is -3.12. The molecule has 5 nitrogen and oxygen atoms in total. The largest absolute Gasteiger partial charge is 0.497 e. The molecule has 1 unspecified atom stereocenters. The van der Waals surface area contributed by atoms with Crippen molar-refractivity contribution in [3.8, 4) is 5.75 Å². The summed E-state index contributed by atoms with van der Waals surface area (Å²) >= 11 is 3.48. The molecule has 1 aliphatic carbocycles. The van der Waals surface area contributed by atoms with Gasteiger partial charge in [0.15, 0.2) is 0 Å². The van der Waals surface area contributed by atoms with E-state index in [0.717, 1.165) is 33.3 Å². The van der Waals surface area contributed by atoms with Gasteiger partial charge in [-0.2, -0.15) is 0 Å². The highest BCUT2D eigenvalue weighted by atomic mass is 79.9. The Morgan fingerprint density at radius 2 is 1.66 bits per heavy atom. The Morgan fingerprint density at radius 1 is 1.00 bits per heavy atom. The molecule has 3 aromatic rings. The Kier molecular flexibility index (Phi) is 8.24. The molecule has 2 amide bonds. The molecule has 0 aromatic heterocycles. The van der Waals surface area contributed by atoms with E-state index in [1.165, 1.54) is 0 Å². The van der Waals surface area contributed by atoms with Gasteiger partial charge < -0.3 is 15.0 Å². The second kappa shape index (κ2) is 11.5. The van der Waals surface area contributed by atoms with Crippen molar-refractivity contribution in [3.05, 3.63) is 100 Å². The zero-order valence-corrected chi connectivity index (χ0v) is 21.7. The molecule has 3 aromatic carbocycles. The molecule has 4 rings (SSSR count). The van der Waals surface area contributed by atoms with Crippen molar-refractivity contribution >= 4 is 27.7 Å². The number of nitrogens with zero attached hydrogens (tertiary/aromatic N) is 1. The van der Waals surface area contributed by atoms with Crippen molar-refractivity contribution in [1.82, 2.24) is 10.2 Å². The maximum Gasteiger partial charge on any atom is 0.247 e. The van der Waals surface area contributed by atoms with Crippen LogP contribution in [0.1, 0.15) is 42.5 Å². The predicted octanol–water partition coefficient (Wildman–Crippen LogP) is 5.69. The lowest BCUT2D eigenvalue weighted by Gasteiger charge is -2.32. The summed E-state index contributed by atoms with van der Waals surface area (Å²) < 4.78 is 6.16. The summed E-state index contributed by atoms with van der Waals surface area (Å²) in [6.45, 7) is 2.55. The summed E-state index contributed by atoms with van der Waals surface area (Å²) in [6.07, 6.45) is 1.86. The molecular weight excluding hydrogens is 504 g/mol. The lowest BCUT2D eigenvalue weighted by molar-refractivity contribution is -0.141. The third-order valence-corrected chi connectivity index (χ3v) is 7.05. The summed E-state index contributed by atoms with van der Waals surface area (Å²) in [6, 6.07) is 24.7. The quantitative estimate of drug-likeness (QED) is 0.363. The highest BCUT2D eigenvalue weighted by molar-refractivity contribution is 9.10. The number of carbonyl (C=O) groups excluding carboxylic acids is 2. The van der Waals surface area contributed by atoms with Crippen LogP contribution in [0.3, 0.4) is 0 Å². The summed E-state index contributed by atoms with van der Waals surface area (Å²) in [7, 11) is 1.64. The number of benzene rings is 3. The van der Waals surface area contributed by atoms with Crippen LogP contribution in [0, 0.1) is 5.92 Å². The summed E-state index contributed by atoms with van der Waals surface area (Å²) in [5, 5.41) is 3.07. The number of halogens is 1. The van der Waals surface area contributed by atoms with Gasteiger partial charge in [0.05, 0.1) is 7.11 Å². The van der Waals surface area contributed by atoms with Gasteiger partial charge in [0.1, 0.15) is 11.8 Å². The molecule has 0 heterocycles. The molecule has 1 saturated carbocycles. The number of methoxy groups -OCH3 is 1. The van der Waals surface area contributed by atoms with E-state index in [1.54, 1.807) is 7.11 Å². The molecule has 3 atom stereocenters. The van der Waals surface area contributed by atoms with E-state index in [0.29, 0.717) is 25.3 Å². The number of ether oxygens (including phenoxy) is 1. The molecule has 6 heteroatoms. The molecule has 35 heavy (non-hydrogen) atoms. The number of amides is 2. The van der Waals surface area contributed by atoms with Crippen molar-refractivity contribution in [2.45, 2.75) is 44.8 Å². The minimum absolute atomic E-state index is 0.00190. The molecular formula is C29H31BrN2O3. The van der Waals surface area contributed by atoms with E-state index >= 15 is 0 Å². The van der Waals surface area contributed by atoms with Crippen LogP contribution in [0.15, 0.2) is 83.3 Å². The van der Waals surface area contributed by atoms with E-state index in [2.05, 4.69) is 28.2 Å². The van der Waals surface area contributed by atoms with Gasteiger partial charge in [-0.25, -0.2) is 0 Å². The van der Waals surface area contributed by atoms with Crippen LogP contribution in [-0.2, 0) is 22.6 Å². The molecule has 0 bridgehead atoms. The molecule has 0 saturated heterocycles. The average Bonchev–Trinajstić information content (AvgIpc) is 3.61. The Morgan fingerprint density at radius 3 is 2.26 bits per heavy atom. The Balaban J connectivity index is 1.56. The molecule has 0 radical (unpaired) electrons. The predicted molar refractivity (Wildman–Crippen MR) is 141 cm³/mol. The Bertz CT molecular complexity index is 1130. The molecule has 1 aliphatic rings. The van der Waals surface area contributed by atoms with Gasteiger partial charge in [-0.1, -0.05) is 77.5 Å². The monoisotopic (exact) mass is 534 g/mol. The summed E-state index contributed by atoms with van der Waals surface area (Å²) in [5.74, 6) is 1.00. The highest BCUT2D eigenvalue weighted by Gasteiger charge is 2.46. The second-order valence-electron chi connectivity index (χ2n) is 9.09. The van der Waals surface area contributed by atoms with Crippen LogP contribution in [0.4, 0.5) is 0 Å². The standard InChI is InChI=1S/C29H31BrN2O3/c1-20-18-26(20)32(27(33)17-10-21-8-15-25(35-2)16-9-21)28(23-11-13-24(30)14-12-23)29(34)31-19-22-6-4-3-5-7-22/h3-9,11-16,20,26,28H,10,17-19H2,1-2H3,(H,31,34)/t20-,26+,28?/m1/s1. The zero-order valence-electron chi connectivity index (χ0n) is 20.1. The van der Waals surface area contributed by atoms with Crippen molar-refractivity contribution in [1.29, 1.82) is 0 Å². The van der Waals surface area contributed by atoms with Crippen molar-refractivity contribution in [2.24, 2.45) is 5.92 Å². The zero-order chi connectivity index (χ0) is 24.8. The minimum Gasteiger partial charge on any atom is -0.497 e. The maximum atomic E-state index is 13.6. The first kappa shape index (κ1) is 25.0. The highest BCUT2D eigenvalue weighted by Crippen LogP contribution is 2.41. The van der Waals surface area contributed by atoms with Crippen LogP contribution in [0.25, 0.3) is 0 Å². The normalized spacial score (nSPS) is 17.3. The van der Waals surface area contributed by atoms with Crippen LogP contribution in [0.5, 0.6) is 5.75 Å². The SMILES string of the molecule is COc1ccc(CCC(=O)N(C(C(=O)NCc2ccccc2)c2ccc(Br)cc2)[C@H]2C[C@H]2C)cc1. The van der Waals surface area contributed by atoms with Crippen LogP contribution in [-0.4, -0.2) is 29.9 Å². The van der Waals surface area contributed by atoms with E-state index < -0.39 is 6.04 Å². The number of nitrogens with one attached hydrogen (secondary N) is 1. The molecule has 0 aliphatic heterocycles. The number of aryl methyl sites for hydroxylation is 1. The number of hydrogen-bond donors (Lipinski definition) is 1. The van der Waals surface area contributed by atoms with E-state index in [4.69, 9.17) is 4.74 Å². The van der Waals surface area contributed by atoms with Gasteiger partial charge in [0, 0.05) is 23.5 Å². The third-order valence-electron chi connectivity index (χ3n) is 6.52. The lowest BCUT2D eigenvalue weighted by atomic mass is 10.0. The average molecular weight is 535 g/mol. The first-order chi connectivity index (χ1) is 17.0. The van der Waals surface area contributed by atoms with Crippen molar-refractivity contribution < 1.29 is 14.3 Å². The summed E-state index contributed by atoms with van der Waals surface area (Å²) in [4.78, 5) is 29.1. The van der Waals surface area contributed by atoms with Gasteiger partial charge in [-0.15, -0.1) is 0 Å². The Labute approximate surface area is 215 Å². The van der Waals surface area contributed by atoms with Crippen LogP contribution >= 0.6 is 15.9 Å². The summed E-state index contributed by atoms with van der Waals surface area (Å²) in [5.41, 5.74) is 2.90. The van der Waals surface area contributed by atoms with Crippen molar-refractivity contribution in [3.63, 3.8) is 0 Å². The maximum absolute atomic E-state index is 13.6. The van der Waals surface area contributed by atoms with E-state index in [9.17, 15) is 9.59 Å². The number of hydrogen-bond acceptors (Lipinski definition) is 3. The fourth-order valence-electron chi connectivity index (χ4n) is 4.35. The molecule has 0 spiro atoms. The first-order valence-corrected chi connectivity index (χ1v) is 12.8. The fourth-order valence-corrected chi connectivity index (χ4v) is 4.61. The number of carbonyl (C=O) groups is 2. The lowest BCUT2D eigenvalue weighted by Crippen LogP contribution is -2.45. The smallest absolute Gasteiger partial charge is 0.247 e. The van der Waals surface area contributed by atoms with Gasteiger partial charge in [-0.05, 0) is 59.7 Å². The molecule has 182 valence electrons. The van der Waals surface area contributed by atoms with Gasteiger partial charge >= 0.3 is 0 Å². The minimum atomic E-state index is -0.676. The van der Waals surface area contributed by atoms with E-state index in [1.807, 2.05) is 83.8 Å².